The van der Waals surface area contributed by atoms with Crippen LogP contribution in [0.5, 0.6) is 0 Å². The summed E-state index contributed by atoms with van der Waals surface area (Å²) in [5, 5.41) is 9.33. The quantitative estimate of drug-likeness (QED) is 0.0648. The van der Waals surface area contributed by atoms with Gasteiger partial charge in [0.25, 0.3) is 10.1 Å². The van der Waals surface area contributed by atoms with Gasteiger partial charge in [0.1, 0.15) is 0 Å². The van der Waals surface area contributed by atoms with Crippen molar-refractivity contribution in [2.45, 2.75) is 235 Å². The van der Waals surface area contributed by atoms with Crippen molar-refractivity contribution in [3.8, 4) is 0 Å². The number of nitrogens with zero attached hydrogens (tertiary/aromatic N) is 1. The van der Waals surface area contributed by atoms with Crippen LogP contribution in [-0.4, -0.2) is 62.5 Å². The van der Waals surface area contributed by atoms with E-state index in [-0.39, 0.29) is 29.6 Å². The van der Waals surface area contributed by atoms with Crippen molar-refractivity contribution >= 4 is 33.3 Å². The normalized spacial score (nSPS) is 35.5. The van der Waals surface area contributed by atoms with E-state index in [0.717, 1.165) is 95.8 Å². The molecule has 8 aliphatic rings. The number of fused-ring (bicyclic) bond motifs is 10. The molecule has 0 amide bonds. The van der Waals surface area contributed by atoms with E-state index in [2.05, 4.69) is 86.4 Å². The first-order chi connectivity index (χ1) is 38.6. The summed E-state index contributed by atoms with van der Waals surface area (Å²) in [6, 6.07) is 12.5. The summed E-state index contributed by atoms with van der Waals surface area (Å²) in [4.78, 5) is 3.99. The molecule has 1 heterocycles. The maximum absolute atomic E-state index is 12.5. The van der Waals surface area contributed by atoms with Crippen LogP contribution < -0.4 is 0 Å². The zero-order valence-corrected chi connectivity index (χ0v) is 55.0. The van der Waals surface area contributed by atoms with Crippen molar-refractivity contribution in [1.29, 1.82) is 0 Å². The number of allylic oxidation sites excluding steroid dienone is 2. The molecule has 10 rings (SSSR count). The molecule has 0 spiro atoms. The Bertz CT molecular complexity index is 2350. The van der Waals surface area contributed by atoms with Gasteiger partial charge >= 0.3 is 0 Å². The number of benzene rings is 1. The average Bonchev–Trinajstić information content (AvgIpc) is 4.24. The molecule has 6 saturated carbocycles. The number of ether oxygens (including phenoxy) is 2. The number of rotatable bonds is 19. The van der Waals surface area contributed by atoms with Crippen LogP contribution in [0.2, 0.25) is 0 Å². The summed E-state index contributed by atoms with van der Waals surface area (Å²) in [6.45, 7) is 28.1. The Morgan fingerprint density at radius 2 is 1.05 bits per heavy atom. The Morgan fingerprint density at radius 1 is 0.593 bits per heavy atom. The maximum Gasteiger partial charge on any atom is 0.297 e. The summed E-state index contributed by atoms with van der Waals surface area (Å²) < 4.78 is 42.4. The highest BCUT2D eigenvalue weighted by Crippen LogP contribution is 2.69. The van der Waals surface area contributed by atoms with E-state index in [4.69, 9.17) is 42.0 Å². The molecule has 6 fully saturated rings. The summed E-state index contributed by atoms with van der Waals surface area (Å²) in [6.07, 6.45) is 38.6. The lowest BCUT2D eigenvalue weighted by molar-refractivity contribution is -0.0658. The molecule has 2 aromatic rings. The van der Waals surface area contributed by atoms with E-state index in [1.54, 1.807) is 47.8 Å². The molecular weight excluding hydrogens is 1070 g/mol. The van der Waals surface area contributed by atoms with E-state index < -0.39 is 10.1 Å². The van der Waals surface area contributed by atoms with Gasteiger partial charge in [0.05, 0.1) is 48.9 Å². The van der Waals surface area contributed by atoms with Crippen molar-refractivity contribution in [1.82, 2.24) is 4.98 Å². The van der Waals surface area contributed by atoms with Gasteiger partial charge in [0.15, 0.2) is 0 Å². The number of alkyl halides is 2. The van der Waals surface area contributed by atoms with E-state index in [1.807, 2.05) is 25.1 Å². The fourth-order valence-corrected chi connectivity index (χ4v) is 20.1. The second kappa shape index (κ2) is 30.2. The fraction of sp³-hybridized carbons (Fsp3) is 0.789. The number of aromatic nitrogens is 1. The zero-order chi connectivity index (χ0) is 58.6. The molecule has 0 saturated heterocycles. The SMILES string of the molecule is CC(C)CCC[C@@H](C)[C@H]1CC[C@H]2[C@@H]3CC=C4C[C@@H](OCCO)CC[C@]4(C)[C@H]3CC[C@]12C.Cc1ccc(S(=O)(=O)OCCO[C@H]2CC[C@@]3(C)C(=CC[C@H]4[C@@H]5CC[C@H]([C@H](C)CCCC(C)C)[C@@]5(C)CC[C@@H]43)C2)cc1.ClCCl.c1ccncc1. The van der Waals surface area contributed by atoms with E-state index in [1.165, 1.54) is 122 Å². The highest BCUT2D eigenvalue weighted by molar-refractivity contribution is 7.86. The topological polar surface area (TPSA) is 95.0 Å². The van der Waals surface area contributed by atoms with Gasteiger partial charge in [-0.15, -0.1) is 23.2 Å². The number of aryl methyl sites for hydroxylation is 1. The van der Waals surface area contributed by atoms with Crippen LogP contribution in [-0.2, 0) is 23.8 Å². The Hall–Kier alpha value is -1.78. The van der Waals surface area contributed by atoms with Gasteiger partial charge in [-0.1, -0.05) is 155 Å². The molecule has 1 N–H and O–H groups in total. The Balaban J connectivity index is 0.000000208. The lowest BCUT2D eigenvalue weighted by Crippen LogP contribution is -2.51. The first kappa shape index (κ1) is 66.7. The van der Waals surface area contributed by atoms with E-state index in [9.17, 15) is 8.42 Å². The van der Waals surface area contributed by atoms with Crippen molar-refractivity contribution in [3.05, 3.63) is 83.7 Å². The number of halogens is 2. The Labute approximate surface area is 505 Å². The minimum absolute atomic E-state index is 0.0606. The molecule has 10 heteroatoms. The highest BCUT2D eigenvalue weighted by Gasteiger charge is 2.61. The molecule has 81 heavy (non-hydrogen) atoms. The van der Waals surface area contributed by atoms with Crippen LogP contribution in [0.4, 0.5) is 0 Å². The van der Waals surface area contributed by atoms with Gasteiger partial charge < -0.3 is 14.6 Å². The molecule has 16 atom stereocenters. The fourth-order valence-electron chi connectivity index (χ4n) is 19.3. The van der Waals surface area contributed by atoms with Crippen molar-refractivity contribution < 1.29 is 27.2 Å². The largest absolute Gasteiger partial charge is 0.394 e. The smallest absolute Gasteiger partial charge is 0.297 e. The number of hydrogen-bond acceptors (Lipinski definition) is 7. The number of aliphatic hydroxyl groups is 1. The van der Waals surface area contributed by atoms with Gasteiger partial charge in [-0.25, -0.2) is 0 Å². The summed E-state index contributed by atoms with van der Waals surface area (Å²) in [5.74, 6) is 10.6. The summed E-state index contributed by atoms with van der Waals surface area (Å²) in [5.41, 5.74) is 6.16. The molecule has 7 nitrogen and oxygen atoms in total. The molecule has 1 aromatic heterocycles. The lowest BCUT2D eigenvalue weighted by Gasteiger charge is -2.58. The molecule has 0 bridgehead atoms. The summed E-state index contributed by atoms with van der Waals surface area (Å²) >= 11 is 9.53. The highest BCUT2D eigenvalue weighted by atomic mass is 35.5. The zero-order valence-electron chi connectivity index (χ0n) is 52.6. The maximum atomic E-state index is 12.5. The minimum Gasteiger partial charge on any atom is -0.394 e. The third kappa shape index (κ3) is 16.1. The molecule has 1 aromatic carbocycles. The predicted molar refractivity (Wildman–Crippen MR) is 338 cm³/mol. The van der Waals surface area contributed by atoms with E-state index in [0.29, 0.717) is 41.0 Å². The third-order valence-corrected chi connectivity index (χ3v) is 24.8. The first-order valence-electron chi connectivity index (χ1n) is 32.8. The number of hydrogen-bond donors (Lipinski definition) is 1. The monoisotopic (exact) mass is 1180 g/mol. The van der Waals surface area contributed by atoms with Gasteiger partial charge in [-0.3, -0.25) is 9.17 Å². The Kier molecular flexibility index (Phi) is 24.9. The van der Waals surface area contributed by atoms with Crippen LogP contribution in [0.15, 0.2) is 83.1 Å². The second-order valence-electron chi connectivity index (χ2n) is 29.0. The number of pyridine rings is 1. The van der Waals surface area contributed by atoms with Crippen molar-refractivity contribution in [2.75, 3.05) is 31.8 Å². The molecule has 458 valence electrons. The van der Waals surface area contributed by atoms with Crippen molar-refractivity contribution in [3.63, 3.8) is 0 Å². The van der Waals surface area contributed by atoms with Gasteiger partial charge in [-0.2, -0.15) is 8.42 Å². The standard InChI is InChI=1S/C36H56O4S.C29H50O2.C5H5N.CH2Cl2/c1-25(2)8-7-9-27(4)32-16-17-33-31-15-12-28-24-29(18-20-35(28,5)34(31)19-21-36(32,33)6)39-22-23-40-41(37,38)30-13-10-26(3)11-14-30;1-20(2)7-6-8-21(3)25-11-12-26-24-10-9-22-19-23(31-18-17-30)13-15-28(22,4)27(24)14-16-29(25,26)5;1-2-4-6-5-3-1;2-1-3/h10-14,25,27,29,31-34H,7-9,15-24H2,1-6H3;9,20-21,23-27,30H,6-8,10-19H2,1-5H3;1-5H;1H2/t27-,29+,31+,32-,33+,34+,35+,36-;21-,23+,24+,25-,26+,27+,28+,29-;;/m11../s1. The second-order valence-corrected chi connectivity index (χ2v) is 31.4. The third-order valence-electron chi connectivity index (χ3n) is 23.5. The lowest BCUT2D eigenvalue weighted by atomic mass is 9.47. The summed E-state index contributed by atoms with van der Waals surface area (Å²) in [7, 11) is -3.74. The predicted octanol–water partition coefficient (Wildman–Crippen LogP) is 19.0. The minimum atomic E-state index is -3.74. The van der Waals surface area contributed by atoms with Crippen LogP contribution in [0, 0.1) is 99.6 Å². The molecular formula is C71H113Cl2NO6S. The van der Waals surface area contributed by atoms with Crippen LogP contribution in [0.25, 0.3) is 0 Å². The molecule has 0 aliphatic heterocycles. The Morgan fingerprint density at radius 3 is 1.46 bits per heavy atom. The molecule has 0 unspecified atom stereocenters. The van der Waals surface area contributed by atoms with Gasteiger partial charge in [-0.05, 0) is 227 Å². The van der Waals surface area contributed by atoms with Crippen LogP contribution in [0.3, 0.4) is 0 Å². The van der Waals surface area contributed by atoms with Gasteiger partial charge in [0.2, 0.25) is 0 Å². The first-order valence-corrected chi connectivity index (χ1v) is 35.3. The van der Waals surface area contributed by atoms with Crippen molar-refractivity contribution in [2.24, 2.45) is 92.7 Å². The van der Waals surface area contributed by atoms with Crippen LogP contribution in [0.1, 0.15) is 216 Å². The van der Waals surface area contributed by atoms with Gasteiger partial charge in [0, 0.05) is 12.4 Å². The molecule has 0 radical (unpaired) electrons. The molecule has 8 aliphatic carbocycles. The van der Waals surface area contributed by atoms with Crippen LogP contribution >= 0.6 is 23.2 Å². The number of aliphatic hydroxyl groups excluding tert-OH is 1. The van der Waals surface area contributed by atoms with E-state index >= 15 is 0 Å². The average molecular weight is 1180 g/mol.